The molecule has 0 atom stereocenters. The molecule has 0 fully saturated rings. The van der Waals surface area contributed by atoms with Gasteiger partial charge in [0.15, 0.2) is 0 Å². The number of rotatable bonds is 5. The van der Waals surface area contributed by atoms with Gasteiger partial charge in [0.2, 0.25) is 5.09 Å². The standard InChI is InChI=1S/C13H14ClIN2O3S/c1-17(2)21(18,19)13-6-4-10(20-13)8-16-12-5-3-9(14)7-11(12)15/h3-7,16H,8H2,1-2H3. The Morgan fingerprint density at radius 3 is 2.62 bits per heavy atom. The maximum atomic E-state index is 11.9. The molecule has 0 aliphatic heterocycles. The topological polar surface area (TPSA) is 62.6 Å². The molecule has 0 unspecified atom stereocenters. The lowest BCUT2D eigenvalue weighted by atomic mass is 10.3. The average molecular weight is 441 g/mol. The van der Waals surface area contributed by atoms with Crippen LogP contribution in [0.5, 0.6) is 0 Å². The van der Waals surface area contributed by atoms with Crippen molar-refractivity contribution in [3.8, 4) is 0 Å². The van der Waals surface area contributed by atoms with Gasteiger partial charge in [-0.1, -0.05) is 11.6 Å². The molecular formula is C13H14ClIN2O3S. The molecule has 114 valence electrons. The number of hydrogen-bond donors (Lipinski definition) is 1. The van der Waals surface area contributed by atoms with Gasteiger partial charge >= 0.3 is 0 Å². The summed E-state index contributed by atoms with van der Waals surface area (Å²) < 4.78 is 31.3. The summed E-state index contributed by atoms with van der Waals surface area (Å²) in [5.41, 5.74) is 0.911. The first kappa shape index (κ1) is 16.6. The lowest BCUT2D eigenvalue weighted by Gasteiger charge is -2.09. The minimum absolute atomic E-state index is 0.0601. The molecule has 1 aromatic heterocycles. The maximum absolute atomic E-state index is 11.9. The molecule has 0 spiro atoms. The molecule has 0 aliphatic rings. The van der Waals surface area contributed by atoms with E-state index in [2.05, 4.69) is 27.9 Å². The van der Waals surface area contributed by atoms with E-state index in [1.165, 1.54) is 20.2 Å². The van der Waals surface area contributed by atoms with Crippen LogP contribution in [0.25, 0.3) is 0 Å². The fourth-order valence-electron chi connectivity index (χ4n) is 1.59. The molecule has 0 radical (unpaired) electrons. The Morgan fingerprint density at radius 2 is 2.00 bits per heavy atom. The second-order valence-electron chi connectivity index (χ2n) is 4.49. The van der Waals surface area contributed by atoms with E-state index in [0.717, 1.165) is 13.6 Å². The van der Waals surface area contributed by atoms with Gasteiger partial charge in [0.25, 0.3) is 10.0 Å². The highest BCUT2D eigenvalue weighted by Crippen LogP contribution is 2.23. The van der Waals surface area contributed by atoms with Crippen LogP contribution in [0, 0.1) is 3.57 Å². The average Bonchev–Trinajstić information content (AvgIpc) is 2.87. The second kappa shape index (κ2) is 6.55. The van der Waals surface area contributed by atoms with Crippen LogP contribution in [-0.2, 0) is 16.6 Å². The minimum atomic E-state index is -3.53. The highest BCUT2D eigenvalue weighted by atomic mass is 127. The first-order valence-electron chi connectivity index (χ1n) is 6.01. The van der Waals surface area contributed by atoms with Crippen LogP contribution in [0.4, 0.5) is 5.69 Å². The molecular weight excluding hydrogens is 427 g/mol. The smallest absolute Gasteiger partial charge is 0.275 e. The minimum Gasteiger partial charge on any atom is -0.446 e. The molecule has 2 aromatic rings. The van der Waals surface area contributed by atoms with Gasteiger partial charge in [0.05, 0.1) is 6.54 Å². The van der Waals surface area contributed by atoms with Crippen molar-refractivity contribution in [3.63, 3.8) is 0 Å². The van der Waals surface area contributed by atoms with Crippen LogP contribution >= 0.6 is 34.2 Å². The quantitative estimate of drug-likeness (QED) is 0.724. The van der Waals surface area contributed by atoms with Crippen molar-refractivity contribution in [1.82, 2.24) is 4.31 Å². The summed E-state index contributed by atoms with van der Waals surface area (Å²) in [6, 6.07) is 8.60. The van der Waals surface area contributed by atoms with E-state index >= 15 is 0 Å². The number of nitrogens with zero attached hydrogens (tertiary/aromatic N) is 1. The third-order valence-electron chi connectivity index (χ3n) is 2.76. The number of benzene rings is 1. The van der Waals surface area contributed by atoms with Crippen molar-refractivity contribution in [2.24, 2.45) is 0 Å². The second-order valence-corrected chi connectivity index (χ2v) is 8.17. The summed E-state index contributed by atoms with van der Waals surface area (Å²) in [4.78, 5) is 0. The van der Waals surface area contributed by atoms with Crippen molar-refractivity contribution in [1.29, 1.82) is 0 Å². The molecule has 0 amide bonds. The van der Waals surface area contributed by atoms with Crippen molar-refractivity contribution in [3.05, 3.63) is 44.7 Å². The molecule has 1 N–H and O–H groups in total. The zero-order valence-corrected chi connectivity index (χ0v) is 15.2. The zero-order valence-electron chi connectivity index (χ0n) is 11.4. The van der Waals surface area contributed by atoms with E-state index in [-0.39, 0.29) is 5.09 Å². The third-order valence-corrected chi connectivity index (χ3v) is 5.57. The summed E-state index contributed by atoms with van der Waals surface area (Å²) in [7, 11) is -0.605. The SMILES string of the molecule is CN(C)S(=O)(=O)c1ccc(CNc2ccc(Cl)cc2I)o1. The Morgan fingerprint density at radius 1 is 1.29 bits per heavy atom. The van der Waals surface area contributed by atoms with Gasteiger partial charge < -0.3 is 9.73 Å². The first-order valence-corrected chi connectivity index (χ1v) is 8.90. The van der Waals surface area contributed by atoms with Crippen LogP contribution in [0.3, 0.4) is 0 Å². The van der Waals surface area contributed by atoms with E-state index in [1.807, 2.05) is 12.1 Å². The van der Waals surface area contributed by atoms with Gasteiger partial charge in [-0.15, -0.1) is 0 Å². The Hall–Kier alpha value is -0.770. The fourth-order valence-corrected chi connectivity index (χ4v) is 3.46. The molecule has 2 rings (SSSR count). The number of anilines is 1. The van der Waals surface area contributed by atoms with E-state index in [4.69, 9.17) is 16.0 Å². The first-order chi connectivity index (χ1) is 9.80. The Kier molecular flexibility index (Phi) is 5.18. The number of nitrogens with one attached hydrogen (secondary N) is 1. The largest absolute Gasteiger partial charge is 0.446 e. The van der Waals surface area contributed by atoms with Gasteiger partial charge in [-0.05, 0) is 52.9 Å². The molecule has 8 heteroatoms. The van der Waals surface area contributed by atoms with E-state index in [1.54, 1.807) is 12.1 Å². The van der Waals surface area contributed by atoms with E-state index in [9.17, 15) is 8.42 Å². The summed E-state index contributed by atoms with van der Waals surface area (Å²) in [6.45, 7) is 0.389. The lowest BCUT2D eigenvalue weighted by Crippen LogP contribution is -2.21. The Bertz CT molecular complexity index is 744. The monoisotopic (exact) mass is 440 g/mol. The van der Waals surface area contributed by atoms with Gasteiger partial charge in [0, 0.05) is 28.4 Å². The molecule has 5 nitrogen and oxygen atoms in total. The normalized spacial score (nSPS) is 11.9. The number of furan rings is 1. The predicted molar refractivity (Wildman–Crippen MR) is 91.1 cm³/mol. The van der Waals surface area contributed by atoms with Gasteiger partial charge in [-0.3, -0.25) is 0 Å². The van der Waals surface area contributed by atoms with E-state index in [0.29, 0.717) is 17.3 Å². The van der Waals surface area contributed by atoms with Crippen LogP contribution < -0.4 is 5.32 Å². The molecule has 21 heavy (non-hydrogen) atoms. The van der Waals surface area contributed by atoms with Crippen LogP contribution in [-0.4, -0.2) is 26.8 Å². The molecule has 0 saturated heterocycles. The number of halogens is 2. The summed E-state index contributed by atoms with van der Waals surface area (Å²) in [5, 5.41) is 3.79. The fraction of sp³-hybridized carbons (Fsp3) is 0.231. The van der Waals surface area contributed by atoms with Crippen LogP contribution in [0.1, 0.15) is 5.76 Å². The molecule has 0 saturated carbocycles. The van der Waals surface area contributed by atoms with Crippen LogP contribution in [0.2, 0.25) is 5.02 Å². The zero-order chi connectivity index (χ0) is 15.6. The van der Waals surface area contributed by atoms with Crippen molar-refractivity contribution in [2.75, 3.05) is 19.4 Å². The van der Waals surface area contributed by atoms with Crippen molar-refractivity contribution in [2.45, 2.75) is 11.6 Å². The highest BCUT2D eigenvalue weighted by molar-refractivity contribution is 14.1. The highest BCUT2D eigenvalue weighted by Gasteiger charge is 2.21. The van der Waals surface area contributed by atoms with Gasteiger partial charge in [-0.25, -0.2) is 12.7 Å². The summed E-state index contributed by atoms with van der Waals surface area (Å²) >= 11 is 8.07. The lowest BCUT2D eigenvalue weighted by molar-refractivity contribution is 0.402. The summed E-state index contributed by atoms with van der Waals surface area (Å²) in [5.74, 6) is 0.543. The van der Waals surface area contributed by atoms with Crippen molar-refractivity contribution >= 4 is 49.9 Å². The van der Waals surface area contributed by atoms with Crippen molar-refractivity contribution < 1.29 is 12.8 Å². The third kappa shape index (κ3) is 3.91. The number of sulfonamides is 1. The Labute approximate surface area is 142 Å². The maximum Gasteiger partial charge on any atom is 0.275 e. The molecule has 1 heterocycles. The predicted octanol–water partition coefficient (Wildman–Crippen LogP) is 3.40. The number of hydrogen-bond acceptors (Lipinski definition) is 4. The van der Waals surface area contributed by atoms with Crippen LogP contribution in [0.15, 0.2) is 39.8 Å². The molecule has 0 aliphatic carbocycles. The van der Waals surface area contributed by atoms with Gasteiger partial charge in [-0.2, -0.15) is 0 Å². The Balaban J connectivity index is 2.10. The van der Waals surface area contributed by atoms with E-state index < -0.39 is 10.0 Å². The van der Waals surface area contributed by atoms with Gasteiger partial charge in [0.1, 0.15) is 5.76 Å². The molecule has 0 bridgehead atoms. The summed E-state index contributed by atoms with van der Waals surface area (Å²) in [6.07, 6.45) is 0. The molecule has 1 aromatic carbocycles.